The van der Waals surface area contributed by atoms with Gasteiger partial charge in [-0.3, -0.25) is 4.79 Å². The molecule has 0 spiro atoms. The minimum atomic E-state index is -0.328. The maximum atomic E-state index is 12.3. The van der Waals surface area contributed by atoms with Gasteiger partial charge in [0.15, 0.2) is 5.65 Å². The summed E-state index contributed by atoms with van der Waals surface area (Å²) < 4.78 is 1.65. The Labute approximate surface area is 136 Å². The topological polar surface area (TPSA) is 59.3 Å². The highest BCUT2D eigenvalue weighted by atomic mass is 35.5. The van der Waals surface area contributed by atoms with Crippen LogP contribution < -0.4 is 5.32 Å². The molecule has 0 radical (unpaired) electrons. The van der Waals surface area contributed by atoms with Crippen LogP contribution in [0.4, 0.5) is 5.69 Å². The van der Waals surface area contributed by atoms with E-state index in [0.717, 1.165) is 11.4 Å². The quantitative estimate of drug-likeness (QED) is 0.772. The van der Waals surface area contributed by atoms with E-state index in [1.807, 2.05) is 13.8 Å². The molecule has 0 bridgehead atoms. The molecule has 0 saturated carbocycles. The Morgan fingerprint density at radius 2 is 1.91 bits per heavy atom. The van der Waals surface area contributed by atoms with Crippen LogP contribution in [0.1, 0.15) is 21.9 Å². The van der Waals surface area contributed by atoms with Gasteiger partial charge in [0.2, 0.25) is 0 Å². The van der Waals surface area contributed by atoms with E-state index in [0.29, 0.717) is 27.1 Å². The molecule has 2 heterocycles. The fourth-order valence-corrected chi connectivity index (χ4v) is 2.34. The SMILES string of the molecule is Cc1nc2ccc(C(=O)Nc3ccc(Cl)c(Cl)c3)nn2c1C. The third-order valence-corrected chi connectivity index (χ3v) is 4.09. The second-order valence-electron chi connectivity index (χ2n) is 4.85. The van der Waals surface area contributed by atoms with Crippen molar-refractivity contribution in [1.29, 1.82) is 0 Å². The number of nitrogens with zero attached hydrogens (tertiary/aromatic N) is 3. The Morgan fingerprint density at radius 1 is 1.14 bits per heavy atom. The van der Waals surface area contributed by atoms with Gasteiger partial charge in [-0.15, -0.1) is 0 Å². The van der Waals surface area contributed by atoms with Crippen LogP contribution in [-0.4, -0.2) is 20.5 Å². The van der Waals surface area contributed by atoms with Crippen LogP contribution in [0.3, 0.4) is 0 Å². The maximum Gasteiger partial charge on any atom is 0.276 e. The van der Waals surface area contributed by atoms with Crippen LogP contribution in [0, 0.1) is 13.8 Å². The Morgan fingerprint density at radius 3 is 2.64 bits per heavy atom. The van der Waals surface area contributed by atoms with Gasteiger partial charge in [-0.25, -0.2) is 9.50 Å². The molecule has 1 amide bonds. The summed E-state index contributed by atoms with van der Waals surface area (Å²) in [5, 5.41) is 7.87. The number of carbonyl (C=O) groups is 1. The molecule has 1 N–H and O–H groups in total. The lowest BCUT2D eigenvalue weighted by Gasteiger charge is -2.06. The molecule has 0 aliphatic carbocycles. The summed E-state index contributed by atoms with van der Waals surface area (Å²) in [6.45, 7) is 3.81. The van der Waals surface area contributed by atoms with Gasteiger partial charge in [-0.05, 0) is 44.2 Å². The number of amides is 1. The second kappa shape index (κ2) is 5.59. The molecule has 0 aliphatic rings. The van der Waals surface area contributed by atoms with Crippen LogP contribution in [0.15, 0.2) is 30.3 Å². The van der Waals surface area contributed by atoms with Crippen molar-refractivity contribution >= 4 is 40.4 Å². The molecular formula is C15H12Cl2N4O. The van der Waals surface area contributed by atoms with Crippen molar-refractivity contribution in [3.8, 4) is 0 Å². The van der Waals surface area contributed by atoms with Gasteiger partial charge < -0.3 is 5.32 Å². The predicted molar refractivity (Wildman–Crippen MR) is 86.9 cm³/mol. The van der Waals surface area contributed by atoms with Crippen LogP contribution in [0.25, 0.3) is 5.65 Å². The highest BCUT2D eigenvalue weighted by Crippen LogP contribution is 2.25. The molecule has 2 aromatic heterocycles. The number of rotatable bonds is 2. The van der Waals surface area contributed by atoms with Crippen molar-refractivity contribution in [2.24, 2.45) is 0 Å². The number of aryl methyl sites for hydroxylation is 2. The van der Waals surface area contributed by atoms with Crippen molar-refractivity contribution in [2.45, 2.75) is 13.8 Å². The summed E-state index contributed by atoms with van der Waals surface area (Å²) in [5.41, 5.74) is 3.34. The Hall–Kier alpha value is -2.11. The van der Waals surface area contributed by atoms with E-state index in [4.69, 9.17) is 23.2 Å². The first kappa shape index (κ1) is 14.8. The molecule has 22 heavy (non-hydrogen) atoms. The van der Waals surface area contributed by atoms with E-state index < -0.39 is 0 Å². The van der Waals surface area contributed by atoms with Gasteiger partial charge in [0.05, 0.1) is 21.4 Å². The molecular weight excluding hydrogens is 323 g/mol. The van der Waals surface area contributed by atoms with Gasteiger partial charge in [0, 0.05) is 5.69 Å². The normalized spacial score (nSPS) is 10.9. The summed E-state index contributed by atoms with van der Waals surface area (Å²) in [6.07, 6.45) is 0. The average Bonchev–Trinajstić information content (AvgIpc) is 2.78. The lowest BCUT2D eigenvalue weighted by molar-refractivity contribution is 0.102. The minimum Gasteiger partial charge on any atom is -0.321 e. The van der Waals surface area contributed by atoms with E-state index in [-0.39, 0.29) is 5.91 Å². The number of imidazole rings is 1. The molecule has 1 aromatic carbocycles. The van der Waals surface area contributed by atoms with Gasteiger partial charge >= 0.3 is 0 Å². The van der Waals surface area contributed by atoms with Gasteiger partial charge in [0.25, 0.3) is 5.91 Å². The van der Waals surface area contributed by atoms with Crippen molar-refractivity contribution in [3.05, 3.63) is 57.5 Å². The molecule has 112 valence electrons. The zero-order valence-corrected chi connectivity index (χ0v) is 13.4. The second-order valence-corrected chi connectivity index (χ2v) is 5.67. The molecule has 0 atom stereocenters. The highest BCUT2D eigenvalue weighted by molar-refractivity contribution is 6.42. The van der Waals surface area contributed by atoms with Crippen molar-refractivity contribution < 1.29 is 4.79 Å². The Bertz CT molecular complexity index is 889. The van der Waals surface area contributed by atoms with Crippen LogP contribution in [0.5, 0.6) is 0 Å². The van der Waals surface area contributed by atoms with Gasteiger partial charge in [0.1, 0.15) is 5.69 Å². The van der Waals surface area contributed by atoms with E-state index in [1.165, 1.54) is 0 Å². The summed E-state index contributed by atoms with van der Waals surface area (Å²) in [4.78, 5) is 16.6. The molecule has 0 fully saturated rings. The van der Waals surface area contributed by atoms with Crippen molar-refractivity contribution in [2.75, 3.05) is 5.32 Å². The Balaban J connectivity index is 1.91. The standard InChI is InChI=1S/C15H12Cl2N4O/c1-8-9(2)21-14(18-8)6-5-13(20-21)15(22)19-10-3-4-11(16)12(17)7-10/h3-7H,1-2H3,(H,19,22). The van der Waals surface area contributed by atoms with Crippen LogP contribution >= 0.6 is 23.2 Å². The summed E-state index contributed by atoms with van der Waals surface area (Å²) in [6, 6.07) is 8.29. The Kier molecular flexibility index (Phi) is 3.76. The molecule has 0 aliphatic heterocycles. The zero-order valence-electron chi connectivity index (χ0n) is 11.9. The first-order chi connectivity index (χ1) is 10.5. The number of halogens is 2. The minimum absolute atomic E-state index is 0.291. The van der Waals surface area contributed by atoms with Gasteiger partial charge in [-0.1, -0.05) is 23.2 Å². The number of hydrogen-bond donors (Lipinski definition) is 1. The average molecular weight is 335 g/mol. The van der Waals surface area contributed by atoms with Gasteiger partial charge in [-0.2, -0.15) is 5.10 Å². The largest absolute Gasteiger partial charge is 0.321 e. The fourth-order valence-electron chi connectivity index (χ4n) is 2.04. The number of aromatic nitrogens is 3. The predicted octanol–water partition coefficient (Wildman–Crippen LogP) is 3.91. The third kappa shape index (κ3) is 2.65. The number of nitrogens with one attached hydrogen (secondary N) is 1. The number of carbonyl (C=O) groups excluding carboxylic acids is 1. The molecule has 0 saturated heterocycles. The van der Waals surface area contributed by atoms with E-state index in [1.54, 1.807) is 34.8 Å². The third-order valence-electron chi connectivity index (χ3n) is 3.35. The zero-order chi connectivity index (χ0) is 15.9. The highest BCUT2D eigenvalue weighted by Gasteiger charge is 2.12. The number of hydrogen-bond acceptors (Lipinski definition) is 3. The lowest BCUT2D eigenvalue weighted by atomic mass is 10.3. The summed E-state index contributed by atoms with van der Waals surface area (Å²) >= 11 is 11.8. The number of benzene rings is 1. The first-order valence-corrected chi connectivity index (χ1v) is 7.30. The van der Waals surface area contributed by atoms with Crippen LogP contribution in [-0.2, 0) is 0 Å². The summed E-state index contributed by atoms with van der Waals surface area (Å²) in [7, 11) is 0. The van der Waals surface area contributed by atoms with Crippen LogP contribution in [0.2, 0.25) is 10.0 Å². The molecule has 0 unspecified atom stereocenters. The monoisotopic (exact) mass is 334 g/mol. The molecule has 3 rings (SSSR count). The molecule has 5 nitrogen and oxygen atoms in total. The number of fused-ring (bicyclic) bond motifs is 1. The van der Waals surface area contributed by atoms with Crippen molar-refractivity contribution in [1.82, 2.24) is 14.6 Å². The lowest BCUT2D eigenvalue weighted by Crippen LogP contribution is -2.15. The fraction of sp³-hybridized carbons (Fsp3) is 0.133. The van der Waals surface area contributed by atoms with E-state index in [9.17, 15) is 4.79 Å². The number of anilines is 1. The smallest absolute Gasteiger partial charge is 0.276 e. The van der Waals surface area contributed by atoms with E-state index in [2.05, 4.69) is 15.4 Å². The molecule has 7 heteroatoms. The maximum absolute atomic E-state index is 12.3. The van der Waals surface area contributed by atoms with E-state index >= 15 is 0 Å². The van der Waals surface area contributed by atoms with Crippen molar-refractivity contribution in [3.63, 3.8) is 0 Å². The summed E-state index contributed by atoms with van der Waals surface area (Å²) in [5.74, 6) is -0.328. The first-order valence-electron chi connectivity index (χ1n) is 6.55. The molecule has 3 aromatic rings.